The van der Waals surface area contributed by atoms with E-state index in [4.69, 9.17) is 0 Å². The molecule has 2 amide bonds. The van der Waals surface area contributed by atoms with E-state index in [1.165, 1.54) is 37.3 Å². The molecule has 0 fully saturated rings. The van der Waals surface area contributed by atoms with Crippen LogP contribution in [0.25, 0.3) is 0 Å². The lowest BCUT2D eigenvalue weighted by Crippen LogP contribution is -2.35. The number of nitrogens with zero attached hydrogens (tertiary/aromatic N) is 1. The quantitative estimate of drug-likeness (QED) is 0.286. The SMILES string of the molecule is C=C(NC(=O)c1csc(CCC)n1)C(=O)NC(=C)C(=O)OC.CCCNCCC. The number of aryl methyl sites for hydroxylation is 1. The van der Waals surface area contributed by atoms with E-state index in [1.54, 1.807) is 5.38 Å². The van der Waals surface area contributed by atoms with Crippen molar-refractivity contribution in [3.63, 3.8) is 0 Å². The summed E-state index contributed by atoms with van der Waals surface area (Å²) in [5.41, 5.74) is -0.254. The van der Waals surface area contributed by atoms with Crippen molar-refractivity contribution < 1.29 is 19.1 Å². The van der Waals surface area contributed by atoms with Crippen LogP contribution in [0.4, 0.5) is 0 Å². The molecule has 3 N–H and O–H groups in total. The van der Waals surface area contributed by atoms with Crippen LogP contribution in [-0.4, -0.2) is 43.0 Å². The summed E-state index contributed by atoms with van der Waals surface area (Å²) in [4.78, 5) is 38.9. The number of amides is 2. The largest absolute Gasteiger partial charge is 0.464 e. The van der Waals surface area contributed by atoms with Crippen molar-refractivity contribution in [2.45, 2.75) is 46.5 Å². The van der Waals surface area contributed by atoms with E-state index < -0.39 is 17.8 Å². The number of hydrogen-bond acceptors (Lipinski definition) is 7. The molecule has 0 aromatic carbocycles. The van der Waals surface area contributed by atoms with Crippen LogP contribution in [-0.2, 0) is 20.7 Å². The van der Waals surface area contributed by atoms with E-state index in [2.05, 4.69) is 52.7 Å². The van der Waals surface area contributed by atoms with Gasteiger partial charge >= 0.3 is 5.97 Å². The van der Waals surface area contributed by atoms with E-state index in [1.807, 2.05) is 6.92 Å². The lowest BCUT2D eigenvalue weighted by atomic mass is 10.3. The van der Waals surface area contributed by atoms with Crippen LogP contribution in [0, 0.1) is 0 Å². The molecule has 1 rings (SSSR count). The van der Waals surface area contributed by atoms with Crippen molar-refractivity contribution in [2.75, 3.05) is 20.2 Å². The minimum atomic E-state index is -0.781. The highest BCUT2D eigenvalue weighted by molar-refractivity contribution is 7.09. The molecule has 162 valence electrons. The van der Waals surface area contributed by atoms with Crippen LogP contribution in [0.2, 0.25) is 0 Å². The van der Waals surface area contributed by atoms with Crippen LogP contribution >= 0.6 is 11.3 Å². The van der Waals surface area contributed by atoms with Gasteiger partial charge < -0.3 is 20.7 Å². The number of methoxy groups -OCH3 is 1. The van der Waals surface area contributed by atoms with Crippen molar-refractivity contribution in [1.29, 1.82) is 0 Å². The Morgan fingerprint density at radius 3 is 2.17 bits per heavy atom. The fourth-order valence-electron chi connectivity index (χ4n) is 1.87. The zero-order valence-electron chi connectivity index (χ0n) is 17.7. The second-order valence-electron chi connectivity index (χ2n) is 5.98. The minimum absolute atomic E-state index is 0.217. The number of aromatic nitrogens is 1. The molecule has 9 heteroatoms. The average molecular weight is 425 g/mol. The van der Waals surface area contributed by atoms with E-state index in [0.717, 1.165) is 25.0 Å². The molecule has 0 saturated carbocycles. The van der Waals surface area contributed by atoms with Gasteiger partial charge in [-0.2, -0.15) is 0 Å². The summed E-state index contributed by atoms with van der Waals surface area (Å²) < 4.78 is 4.39. The molecule has 0 saturated heterocycles. The first-order chi connectivity index (χ1) is 13.8. The van der Waals surface area contributed by atoms with Crippen LogP contribution in [0.15, 0.2) is 29.9 Å². The molecule has 1 heterocycles. The van der Waals surface area contributed by atoms with Gasteiger partial charge in [-0.3, -0.25) is 9.59 Å². The summed E-state index contributed by atoms with van der Waals surface area (Å²) >= 11 is 1.38. The third-order valence-electron chi connectivity index (χ3n) is 3.34. The Balaban J connectivity index is 0.000000956. The van der Waals surface area contributed by atoms with E-state index in [0.29, 0.717) is 0 Å². The number of esters is 1. The maximum atomic E-state index is 11.9. The summed E-state index contributed by atoms with van der Waals surface area (Å²) in [5.74, 6) is -2.08. The van der Waals surface area contributed by atoms with Gasteiger partial charge in [-0.15, -0.1) is 11.3 Å². The normalized spacial score (nSPS) is 9.66. The van der Waals surface area contributed by atoms with Gasteiger partial charge in [0, 0.05) is 5.38 Å². The lowest BCUT2D eigenvalue weighted by Gasteiger charge is -2.09. The van der Waals surface area contributed by atoms with Gasteiger partial charge in [0.1, 0.15) is 11.4 Å². The van der Waals surface area contributed by atoms with Crippen molar-refractivity contribution in [1.82, 2.24) is 20.9 Å². The van der Waals surface area contributed by atoms with E-state index in [9.17, 15) is 14.4 Å². The fraction of sp³-hybridized carbons (Fsp3) is 0.500. The third kappa shape index (κ3) is 11.2. The second-order valence-corrected chi connectivity index (χ2v) is 6.93. The molecule has 1 aromatic heterocycles. The molecule has 0 aliphatic carbocycles. The highest BCUT2D eigenvalue weighted by atomic mass is 32.1. The number of carbonyl (C=O) groups excluding carboxylic acids is 3. The molecule has 29 heavy (non-hydrogen) atoms. The first-order valence-corrected chi connectivity index (χ1v) is 10.4. The van der Waals surface area contributed by atoms with Crippen molar-refractivity contribution in [3.8, 4) is 0 Å². The first kappa shape index (κ1) is 26.5. The molecule has 0 aliphatic rings. The van der Waals surface area contributed by atoms with Gasteiger partial charge in [0.05, 0.1) is 17.8 Å². The third-order valence-corrected chi connectivity index (χ3v) is 4.25. The van der Waals surface area contributed by atoms with Gasteiger partial charge in [-0.25, -0.2) is 9.78 Å². The Kier molecular flexibility index (Phi) is 14.1. The van der Waals surface area contributed by atoms with Gasteiger partial charge in [0.15, 0.2) is 0 Å². The molecular formula is C20H32N4O4S. The Bertz CT molecular complexity index is 696. The summed E-state index contributed by atoms with van der Waals surface area (Å²) in [6.45, 7) is 15.5. The molecule has 0 atom stereocenters. The summed E-state index contributed by atoms with van der Waals surface area (Å²) in [6, 6.07) is 0. The van der Waals surface area contributed by atoms with Crippen molar-refractivity contribution in [3.05, 3.63) is 40.6 Å². The van der Waals surface area contributed by atoms with Gasteiger partial charge in [-0.1, -0.05) is 33.9 Å². The maximum absolute atomic E-state index is 11.9. The highest BCUT2D eigenvalue weighted by Crippen LogP contribution is 2.11. The van der Waals surface area contributed by atoms with E-state index in [-0.39, 0.29) is 17.1 Å². The Morgan fingerprint density at radius 1 is 1.03 bits per heavy atom. The Labute approximate surface area is 176 Å². The summed E-state index contributed by atoms with van der Waals surface area (Å²) in [7, 11) is 1.16. The highest BCUT2D eigenvalue weighted by Gasteiger charge is 2.17. The zero-order chi connectivity index (χ0) is 22.2. The van der Waals surface area contributed by atoms with E-state index >= 15 is 0 Å². The fourth-order valence-corrected chi connectivity index (χ4v) is 2.75. The summed E-state index contributed by atoms with van der Waals surface area (Å²) in [6.07, 6.45) is 4.22. The van der Waals surface area contributed by atoms with Gasteiger partial charge in [-0.05, 0) is 38.8 Å². The second kappa shape index (κ2) is 15.4. The Morgan fingerprint density at radius 2 is 1.66 bits per heavy atom. The minimum Gasteiger partial charge on any atom is -0.464 e. The monoisotopic (exact) mass is 424 g/mol. The molecule has 0 aliphatic heterocycles. The average Bonchev–Trinajstić information content (AvgIpc) is 3.17. The maximum Gasteiger partial charge on any atom is 0.353 e. The topological polar surface area (TPSA) is 109 Å². The Hall–Kier alpha value is -2.52. The zero-order valence-corrected chi connectivity index (χ0v) is 18.5. The van der Waals surface area contributed by atoms with Crippen LogP contribution in [0.3, 0.4) is 0 Å². The van der Waals surface area contributed by atoms with Crippen LogP contribution in [0.1, 0.15) is 55.5 Å². The standard InChI is InChI=1S/C14H17N3O4S.C6H15N/c1-5-6-11-17-10(7-22-11)13(19)15-8(2)12(18)16-9(3)14(20)21-4;1-3-5-7-6-4-2/h7H,2-3,5-6H2,1,4H3,(H,15,19)(H,16,18);7H,3-6H2,1-2H3. The molecule has 0 spiro atoms. The van der Waals surface area contributed by atoms with Gasteiger partial charge in [0.25, 0.3) is 11.8 Å². The number of hydrogen-bond donors (Lipinski definition) is 3. The predicted molar refractivity (Wildman–Crippen MR) is 115 cm³/mol. The van der Waals surface area contributed by atoms with Crippen LogP contribution in [0.5, 0.6) is 0 Å². The molecule has 1 aromatic rings. The molecule has 0 unspecified atom stereocenters. The summed E-state index contributed by atoms with van der Waals surface area (Å²) in [5, 5.41) is 10.2. The first-order valence-electron chi connectivity index (χ1n) is 9.54. The van der Waals surface area contributed by atoms with Crippen molar-refractivity contribution in [2.24, 2.45) is 0 Å². The molecule has 8 nitrogen and oxygen atoms in total. The van der Waals surface area contributed by atoms with Gasteiger partial charge in [0.2, 0.25) is 0 Å². The van der Waals surface area contributed by atoms with Crippen molar-refractivity contribution >= 4 is 29.1 Å². The smallest absolute Gasteiger partial charge is 0.353 e. The molecule has 0 bridgehead atoms. The number of thiazole rings is 1. The molecular weight excluding hydrogens is 392 g/mol. The molecule has 0 radical (unpaired) electrons. The number of nitrogens with one attached hydrogen (secondary N) is 3. The number of carbonyl (C=O) groups is 3. The van der Waals surface area contributed by atoms with Crippen LogP contribution < -0.4 is 16.0 Å². The lowest BCUT2D eigenvalue weighted by molar-refractivity contribution is -0.137. The predicted octanol–water partition coefficient (Wildman–Crippen LogP) is 2.54. The number of ether oxygens (including phenoxy) is 1. The number of rotatable bonds is 11.